The van der Waals surface area contributed by atoms with E-state index in [-0.39, 0.29) is 23.3 Å². The number of aliphatic hydroxyl groups excluding tert-OH is 1. The summed E-state index contributed by atoms with van der Waals surface area (Å²) in [5.41, 5.74) is 2.61. The van der Waals surface area contributed by atoms with Crippen molar-refractivity contribution in [2.75, 3.05) is 6.61 Å². The topological polar surface area (TPSA) is 79.7 Å². The molecular formula is C29H29ClN2O4. The molecule has 1 amide bonds. The van der Waals surface area contributed by atoms with E-state index < -0.39 is 17.7 Å². The zero-order valence-electron chi connectivity index (χ0n) is 20.8. The minimum Gasteiger partial charge on any atom is -0.507 e. The van der Waals surface area contributed by atoms with Crippen LogP contribution < -0.4 is 4.74 Å². The second-order valence-corrected chi connectivity index (χ2v) is 10.2. The van der Waals surface area contributed by atoms with Gasteiger partial charge < -0.3 is 14.7 Å². The van der Waals surface area contributed by atoms with Crippen LogP contribution in [0.4, 0.5) is 0 Å². The number of nitrogens with zero attached hydrogens (tertiary/aromatic N) is 2. The second kappa shape index (κ2) is 10.2. The number of ketones is 1. The van der Waals surface area contributed by atoms with E-state index in [2.05, 4.69) is 25.8 Å². The van der Waals surface area contributed by atoms with Crippen LogP contribution in [0.25, 0.3) is 5.76 Å². The molecule has 0 aliphatic carbocycles. The third-order valence-electron chi connectivity index (χ3n) is 6.19. The molecule has 0 bridgehead atoms. The van der Waals surface area contributed by atoms with E-state index in [1.807, 2.05) is 13.0 Å². The lowest BCUT2D eigenvalue weighted by Crippen LogP contribution is -2.29. The van der Waals surface area contributed by atoms with E-state index in [9.17, 15) is 14.7 Å². The fourth-order valence-corrected chi connectivity index (χ4v) is 4.55. The summed E-state index contributed by atoms with van der Waals surface area (Å²) in [4.78, 5) is 32.1. The molecule has 0 radical (unpaired) electrons. The molecule has 3 aromatic rings. The number of carbonyl (C=O) groups is 2. The first-order valence-corrected chi connectivity index (χ1v) is 12.2. The van der Waals surface area contributed by atoms with Crippen molar-refractivity contribution in [3.63, 3.8) is 0 Å². The van der Waals surface area contributed by atoms with E-state index in [1.165, 1.54) is 4.90 Å². The van der Waals surface area contributed by atoms with E-state index in [0.717, 1.165) is 11.1 Å². The standard InChI is InChI=1S/C29H29ClN2O4/c1-5-36-23-11-8-20(16-22(23)29(2,3)4)26(33)24-25(19-6-9-21(30)10-7-19)32(28(35)27(24)34)17-18-12-14-31-15-13-18/h6-16,25,33H,5,17H2,1-4H3/b26-24-. The Hall–Kier alpha value is -3.64. The summed E-state index contributed by atoms with van der Waals surface area (Å²) in [6, 6.07) is 15.1. The first-order chi connectivity index (χ1) is 17.1. The Morgan fingerprint density at radius 1 is 1.06 bits per heavy atom. The van der Waals surface area contributed by atoms with E-state index in [1.54, 1.807) is 60.9 Å². The molecule has 1 aliphatic rings. The fraction of sp³-hybridized carbons (Fsp3) is 0.276. The maximum Gasteiger partial charge on any atom is 0.295 e. The molecule has 6 nitrogen and oxygen atoms in total. The van der Waals surface area contributed by atoms with Gasteiger partial charge >= 0.3 is 0 Å². The van der Waals surface area contributed by atoms with Crippen molar-refractivity contribution >= 4 is 29.1 Å². The maximum atomic E-state index is 13.4. The average molecular weight is 505 g/mol. The van der Waals surface area contributed by atoms with E-state index in [0.29, 0.717) is 28.5 Å². The van der Waals surface area contributed by atoms with Crippen LogP contribution in [0.2, 0.25) is 5.02 Å². The lowest BCUT2D eigenvalue weighted by molar-refractivity contribution is -0.140. The molecule has 7 heteroatoms. The van der Waals surface area contributed by atoms with Crippen LogP contribution in [-0.4, -0.2) is 33.3 Å². The van der Waals surface area contributed by atoms with Crippen LogP contribution in [0.1, 0.15) is 56.0 Å². The molecule has 2 heterocycles. The Morgan fingerprint density at radius 2 is 1.72 bits per heavy atom. The fourth-order valence-electron chi connectivity index (χ4n) is 4.42. The van der Waals surface area contributed by atoms with Crippen molar-refractivity contribution in [1.82, 2.24) is 9.88 Å². The molecule has 36 heavy (non-hydrogen) atoms. The zero-order chi connectivity index (χ0) is 26.0. The van der Waals surface area contributed by atoms with Gasteiger partial charge in [0.05, 0.1) is 18.2 Å². The minimum atomic E-state index is -0.778. The Morgan fingerprint density at radius 3 is 2.33 bits per heavy atom. The van der Waals surface area contributed by atoms with Crippen LogP contribution in [0.15, 0.2) is 72.6 Å². The molecule has 1 saturated heterocycles. The molecule has 1 N–H and O–H groups in total. The van der Waals surface area contributed by atoms with Gasteiger partial charge in [-0.1, -0.05) is 44.5 Å². The number of aliphatic hydroxyl groups is 1. The SMILES string of the molecule is CCOc1ccc(/C(O)=C2/C(=O)C(=O)N(Cc3ccncc3)C2c2ccc(Cl)cc2)cc1C(C)(C)C. The number of hydrogen-bond acceptors (Lipinski definition) is 5. The second-order valence-electron chi connectivity index (χ2n) is 9.73. The number of pyridine rings is 1. The largest absolute Gasteiger partial charge is 0.507 e. The molecule has 1 unspecified atom stereocenters. The number of rotatable bonds is 6. The number of amides is 1. The van der Waals surface area contributed by atoms with Crippen molar-refractivity contribution in [1.29, 1.82) is 0 Å². The summed E-state index contributed by atoms with van der Waals surface area (Å²) < 4.78 is 5.80. The Balaban J connectivity index is 1.88. The van der Waals surface area contributed by atoms with Gasteiger partial charge in [0.1, 0.15) is 11.5 Å². The predicted octanol–water partition coefficient (Wildman–Crippen LogP) is 6.05. The number of aromatic nitrogens is 1. The number of likely N-dealkylation sites (tertiary alicyclic amines) is 1. The van der Waals surface area contributed by atoms with Gasteiger partial charge in [-0.15, -0.1) is 0 Å². The van der Waals surface area contributed by atoms with Gasteiger partial charge in [0.2, 0.25) is 0 Å². The molecule has 2 aromatic carbocycles. The number of halogens is 1. The number of ether oxygens (including phenoxy) is 1. The number of carbonyl (C=O) groups excluding carboxylic acids is 2. The van der Waals surface area contributed by atoms with Crippen LogP contribution in [-0.2, 0) is 21.5 Å². The zero-order valence-corrected chi connectivity index (χ0v) is 21.5. The molecule has 1 aliphatic heterocycles. The van der Waals surface area contributed by atoms with Crippen LogP contribution in [0, 0.1) is 0 Å². The Kier molecular flexibility index (Phi) is 7.18. The highest BCUT2D eigenvalue weighted by Gasteiger charge is 2.46. The molecule has 4 rings (SSSR count). The van der Waals surface area contributed by atoms with E-state index >= 15 is 0 Å². The summed E-state index contributed by atoms with van der Waals surface area (Å²) in [7, 11) is 0. The molecule has 1 fully saturated rings. The molecule has 1 aromatic heterocycles. The smallest absolute Gasteiger partial charge is 0.295 e. The number of hydrogen-bond donors (Lipinski definition) is 1. The molecule has 186 valence electrons. The van der Waals surface area contributed by atoms with E-state index in [4.69, 9.17) is 16.3 Å². The highest BCUT2D eigenvalue weighted by Crippen LogP contribution is 2.42. The first kappa shape index (κ1) is 25.5. The summed E-state index contributed by atoms with van der Waals surface area (Å²) in [5.74, 6) is -0.906. The summed E-state index contributed by atoms with van der Waals surface area (Å²) in [6.45, 7) is 8.76. The Bertz CT molecular complexity index is 1310. The quantitative estimate of drug-likeness (QED) is 0.251. The van der Waals surface area contributed by atoms with Crippen LogP contribution in [0.5, 0.6) is 5.75 Å². The average Bonchev–Trinajstić information content (AvgIpc) is 3.09. The maximum absolute atomic E-state index is 13.4. The van der Waals surface area contributed by atoms with Crippen molar-refractivity contribution in [3.05, 3.63) is 99.8 Å². The molecule has 0 saturated carbocycles. The summed E-state index contributed by atoms with van der Waals surface area (Å²) in [5, 5.41) is 12.0. The van der Waals surface area contributed by atoms with Gasteiger partial charge in [-0.3, -0.25) is 14.6 Å². The van der Waals surface area contributed by atoms with Crippen molar-refractivity contribution in [2.24, 2.45) is 0 Å². The summed E-state index contributed by atoms with van der Waals surface area (Å²) >= 11 is 6.11. The number of Topliss-reactive ketones (excluding diaryl/α,β-unsaturated/α-hetero) is 1. The minimum absolute atomic E-state index is 0.0420. The van der Waals surface area contributed by atoms with Crippen LogP contribution in [0.3, 0.4) is 0 Å². The van der Waals surface area contributed by atoms with Gasteiger partial charge in [0.25, 0.3) is 11.7 Å². The van der Waals surface area contributed by atoms with Crippen LogP contribution >= 0.6 is 11.6 Å². The summed E-state index contributed by atoms with van der Waals surface area (Å²) in [6.07, 6.45) is 3.27. The molecule has 0 spiro atoms. The highest BCUT2D eigenvalue weighted by molar-refractivity contribution is 6.46. The lowest BCUT2D eigenvalue weighted by Gasteiger charge is -2.26. The van der Waals surface area contributed by atoms with Crippen molar-refractivity contribution < 1.29 is 19.4 Å². The van der Waals surface area contributed by atoms with Crippen molar-refractivity contribution in [3.8, 4) is 5.75 Å². The van der Waals surface area contributed by atoms with Gasteiger partial charge in [0.15, 0.2) is 0 Å². The van der Waals surface area contributed by atoms with Gasteiger partial charge in [-0.25, -0.2) is 0 Å². The third kappa shape index (κ3) is 5.00. The molecular weight excluding hydrogens is 476 g/mol. The highest BCUT2D eigenvalue weighted by atomic mass is 35.5. The normalized spacial score (nSPS) is 17.5. The predicted molar refractivity (Wildman–Crippen MR) is 140 cm³/mol. The van der Waals surface area contributed by atoms with Gasteiger partial charge in [-0.2, -0.15) is 0 Å². The Labute approximate surface area is 216 Å². The molecule has 1 atom stereocenters. The monoisotopic (exact) mass is 504 g/mol. The lowest BCUT2D eigenvalue weighted by atomic mass is 9.84. The number of benzene rings is 2. The first-order valence-electron chi connectivity index (χ1n) is 11.8. The third-order valence-corrected chi connectivity index (χ3v) is 6.44. The van der Waals surface area contributed by atoms with Gasteiger partial charge in [0, 0.05) is 35.1 Å². The van der Waals surface area contributed by atoms with Gasteiger partial charge in [-0.05, 0) is 65.9 Å². The van der Waals surface area contributed by atoms with Crippen molar-refractivity contribution in [2.45, 2.75) is 45.7 Å².